The van der Waals surface area contributed by atoms with E-state index in [4.69, 9.17) is 4.74 Å². The van der Waals surface area contributed by atoms with E-state index in [-0.39, 0.29) is 12.1 Å². The summed E-state index contributed by atoms with van der Waals surface area (Å²) in [6.45, 7) is 0.0984. The summed E-state index contributed by atoms with van der Waals surface area (Å²) in [5, 5.41) is 0. The number of sulfonamides is 1. The van der Waals surface area contributed by atoms with Gasteiger partial charge in [0.2, 0.25) is 10.0 Å². The summed E-state index contributed by atoms with van der Waals surface area (Å²) in [5.74, 6) is -0.391. The molecule has 3 rings (SSSR count). The Labute approximate surface area is 156 Å². The Hall–Kier alpha value is -1.90. The van der Waals surface area contributed by atoms with Gasteiger partial charge in [0.25, 0.3) is 0 Å². The Morgan fingerprint density at radius 2 is 1.59 bits per heavy atom. The number of ether oxygens (including phenoxy) is 1. The number of fused-ring (bicyclic) bond motifs is 1. The van der Waals surface area contributed by atoms with E-state index in [0.717, 1.165) is 23.3 Å². The Balaban J connectivity index is 1.65. The zero-order valence-electron chi connectivity index (χ0n) is 14.7. The Morgan fingerprint density at radius 3 is 2.07 bits per heavy atom. The third-order valence-electron chi connectivity index (χ3n) is 4.83. The molecule has 0 bridgehead atoms. The highest BCUT2D eigenvalue weighted by Crippen LogP contribution is 2.32. The minimum absolute atomic E-state index is 0.0984. The van der Waals surface area contributed by atoms with E-state index in [9.17, 15) is 21.6 Å². The molecule has 0 heterocycles. The van der Waals surface area contributed by atoms with E-state index in [1.165, 1.54) is 12.1 Å². The van der Waals surface area contributed by atoms with Crippen LogP contribution in [0.5, 0.6) is 0 Å². The number of hydrogen-bond acceptors (Lipinski definition) is 3. The fourth-order valence-corrected chi connectivity index (χ4v) is 4.52. The molecule has 4 nitrogen and oxygen atoms in total. The standard InChI is InChI=1S/C19H20F3NO3S/c1-26-18(10-15-4-2-3-5-16(15)11-18)13-23-27(24,25)12-14-6-8-17(9-7-14)19(20,21)22/h2-9,23H,10-13H2,1H3. The molecular weight excluding hydrogens is 379 g/mol. The van der Waals surface area contributed by atoms with E-state index in [2.05, 4.69) is 4.72 Å². The zero-order valence-corrected chi connectivity index (χ0v) is 15.5. The maximum Gasteiger partial charge on any atom is 0.416 e. The van der Waals surface area contributed by atoms with Crippen LogP contribution in [0.15, 0.2) is 48.5 Å². The van der Waals surface area contributed by atoms with Crippen LogP contribution in [0.1, 0.15) is 22.3 Å². The van der Waals surface area contributed by atoms with Gasteiger partial charge in [-0.1, -0.05) is 36.4 Å². The summed E-state index contributed by atoms with van der Waals surface area (Å²) in [7, 11) is -2.17. The van der Waals surface area contributed by atoms with E-state index in [1.54, 1.807) is 7.11 Å². The number of benzene rings is 2. The molecule has 0 radical (unpaired) electrons. The van der Waals surface area contributed by atoms with Crippen LogP contribution in [0.4, 0.5) is 13.2 Å². The van der Waals surface area contributed by atoms with Crippen LogP contribution in [0, 0.1) is 0 Å². The lowest BCUT2D eigenvalue weighted by molar-refractivity contribution is -0.137. The number of hydrogen-bond donors (Lipinski definition) is 1. The fraction of sp³-hybridized carbons (Fsp3) is 0.368. The van der Waals surface area contributed by atoms with Crippen LogP contribution in [-0.2, 0) is 39.5 Å². The van der Waals surface area contributed by atoms with E-state index < -0.39 is 33.1 Å². The Kier molecular flexibility index (Phi) is 5.33. The van der Waals surface area contributed by atoms with Gasteiger partial charge in [0, 0.05) is 26.5 Å². The first-order valence-corrected chi connectivity index (χ1v) is 10.0. The minimum Gasteiger partial charge on any atom is -0.376 e. The van der Waals surface area contributed by atoms with Crippen LogP contribution in [0.2, 0.25) is 0 Å². The van der Waals surface area contributed by atoms with Crippen molar-refractivity contribution in [2.75, 3.05) is 13.7 Å². The van der Waals surface area contributed by atoms with Gasteiger partial charge in [-0.25, -0.2) is 13.1 Å². The molecule has 27 heavy (non-hydrogen) atoms. The Morgan fingerprint density at radius 1 is 1.04 bits per heavy atom. The van der Waals surface area contributed by atoms with E-state index >= 15 is 0 Å². The predicted molar refractivity (Wildman–Crippen MR) is 95.7 cm³/mol. The lowest BCUT2D eigenvalue weighted by Crippen LogP contribution is -2.45. The van der Waals surface area contributed by atoms with Crippen LogP contribution in [0.25, 0.3) is 0 Å². The van der Waals surface area contributed by atoms with Gasteiger partial charge >= 0.3 is 6.18 Å². The lowest BCUT2D eigenvalue weighted by Gasteiger charge is -2.27. The molecule has 2 aromatic rings. The molecule has 0 saturated carbocycles. The number of methoxy groups -OCH3 is 1. The van der Waals surface area contributed by atoms with Gasteiger partial charge in [0.1, 0.15) is 0 Å². The van der Waals surface area contributed by atoms with Gasteiger partial charge in [0.15, 0.2) is 0 Å². The van der Waals surface area contributed by atoms with Crippen molar-refractivity contribution in [1.82, 2.24) is 4.72 Å². The van der Waals surface area contributed by atoms with Crippen LogP contribution in [-0.4, -0.2) is 27.7 Å². The molecule has 0 unspecified atom stereocenters. The molecule has 0 aliphatic heterocycles. The highest BCUT2D eigenvalue weighted by Gasteiger charge is 2.38. The quantitative estimate of drug-likeness (QED) is 0.811. The molecule has 0 amide bonds. The summed E-state index contributed by atoms with van der Waals surface area (Å²) in [4.78, 5) is 0. The molecule has 1 N–H and O–H groups in total. The molecule has 1 aliphatic carbocycles. The summed E-state index contributed by atoms with van der Waals surface area (Å²) in [5.41, 5.74) is 1.08. The number of rotatable bonds is 6. The average Bonchev–Trinajstić information content (AvgIpc) is 2.99. The van der Waals surface area contributed by atoms with Gasteiger partial charge in [-0.2, -0.15) is 13.2 Å². The minimum atomic E-state index is -4.45. The Bertz CT molecular complexity index is 884. The monoisotopic (exact) mass is 399 g/mol. The highest BCUT2D eigenvalue weighted by atomic mass is 32.2. The van der Waals surface area contributed by atoms with Crippen molar-refractivity contribution < 1.29 is 26.3 Å². The molecule has 0 aromatic heterocycles. The fourth-order valence-electron chi connectivity index (χ4n) is 3.30. The predicted octanol–water partition coefficient (Wildman–Crippen LogP) is 3.31. The van der Waals surface area contributed by atoms with Crippen LogP contribution >= 0.6 is 0 Å². The molecule has 8 heteroatoms. The second-order valence-corrected chi connectivity index (χ2v) is 8.59. The average molecular weight is 399 g/mol. The van der Waals surface area contributed by atoms with Crippen molar-refractivity contribution in [3.05, 3.63) is 70.8 Å². The van der Waals surface area contributed by atoms with Gasteiger partial charge in [-0.15, -0.1) is 0 Å². The highest BCUT2D eigenvalue weighted by molar-refractivity contribution is 7.88. The van der Waals surface area contributed by atoms with Gasteiger partial charge < -0.3 is 4.74 Å². The maximum atomic E-state index is 12.6. The smallest absolute Gasteiger partial charge is 0.376 e. The topological polar surface area (TPSA) is 55.4 Å². The van der Waals surface area contributed by atoms with Crippen molar-refractivity contribution in [3.8, 4) is 0 Å². The second-order valence-electron chi connectivity index (χ2n) is 6.78. The first kappa shape index (κ1) is 19.9. The van der Waals surface area contributed by atoms with Crippen molar-refractivity contribution >= 4 is 10.0 Å². The van der Waals surface area contributed by atoms with Crippen LogP contribution < -0.4 is 4.72 Å². The van der Waals surface area contributed by atoms with Gasteiger partial charge in [-0.05, 0) is 28.8 Å². The number of nitrogens with one attached hydrogen (secondary N) is 1. The van der Waals surface area contributed by atoms with Crippen molar-refractivity contribution in [1.29, 1.82) is 0 Å². The number of halogens is 3. The molecule has 0 spiro atoms. The third-order valence-corrected chi connectivity index (χ3v) is 6.13. The first-order chi connectivity index (χ1) is 12.6. The molecular formula is C19H20F3NO3S. The second kappa shape index (κ2) is 7.26. The summed E-state index contributed by atoms with van der Waals surface area (Å²) in [6, 6.07) is 12.0. The molecule has 0 atom stereocenters. The zero-order chi connectivity index (χ0) is 19.7. The molecule has 0 saturated heterocycles. The molecule has 0 fully saturated rings. The van der Waals surface area contributed by atoms with Crippen molar-refractivity contribution in [2.24, 2.45) is 0 Å². The first-order valence-electron chi connectivity index (χ1n) is 8.38. The summed E-state index contributed by atoms with van der Waals surface area (Å²) < 4.78 is 70.7. The van der Waals surface area contributed by atoms with E-state index in [1.807, 2.05) is 24.3 Å². The number of alkyl halides is 3. The van der Waals surface area contributed by atoms with E-state index in [0.29, 0.717) is 12.8 Å². The normalized spacial score (nSPS) is 16.3. The molecule has 146 valence electrons. The largest absolute Gasteiger partial charge is 0.416 e. The molecule has 2 aromatic carbocycles. The SMILES string of the molecule is COC1(CNS(=O)(=O)Cc2ccc(C(F)(F)F)cc2)Cc2ccccc2C1. The summed E-state index contributed by atoms with van der Waals surface area (Å²) in [6.07, 6.45) is -3.25. The van der Waals surface area contributed by atoms with Gasteiger partial charge in [-0.3, -0.25) is 0 Å². The lowest BCUT2D eigenvalue weighted by atomic mass is 10.0. The van der Waals surface area contributed by atoms with Crippen molar-refractivity contribution in [2.45, 2.75) is 30.4 Å². The van der Waals surface area contributed by atoms with Crippen LogP contribution in [0.3, 0.4) is 0 Å². The third kappa shape index (κ3) is 4.69. The molecule has 1 aliphatic rings. The summed E-state index contributed by atoms with van der Waals surface area (Å²) >= 11 is 0. The maximum absolute atomic E-state index is 12.6. The van der Waals surface area contributed by atoms with Crippen molar-refractivity contribution in [3.63, 3.8) is 0 Å². The van der Waals surface area contributed by atoms with Gasteiger partial charge in [0.05, 0.1) is 16.9 Å².